The van der Waals surface area contributed by atoms with Gasteiger partial charge >= 0.3 is 5.97 Å². The Bertz CT molecular complexity index is 1480. The van der Waals surface area contributed by atoms with Gasteiger partial charge in [0.2, 0.25) is 5.91 Å². The molecule has 1 amide bonds. The van der Waals surface area contributed by atoms with Gasteiger partial charge in [0.05, 0.1) is 25.4 Å². The lowest BCUT2D eigenvalue weighted by atomic mass is 9.99. The third kappa shape index (κ3) is 42.0. The van der Waals surface area contributed by atoms with E-state index in [1.54, 1.807) is 6.08 Å². The van der Waals surface area contributed by atoms with Gasteiger partial charge in [-0.3, -0.25) is 9.59 Å². The fraction of sp³-hybridized carbons (Fsp3) is 0.818. The number of carbonyl (C=O) groups excluding carboxylic acids is 2. The first-order valence-electron chi connectivity index (χ1n) is 32.1. The van der Waals surface area contributed by atoms with Gasteiger partial charge < -0.3 is 45.1 Å². The Morgan fingerprint density at radius 1 is 0.519 bits per heavy atom. The van der Waals surface area contributed by atoms with Crippen molar-refractivity contribution in [3.63, 3.8) is 0 Å². The van der Waals surface area contributed by atoms with Gasteiger partial charge in [-0.15, -0.1) is 0 Å². The highest BCUT2D eigenvalue weighted by molar-refractivity contribution is 5.80. The molecule has 0 radical (unpaired) electrons. The van der Waals surface area contributed by atoms with Crippen LogP contribution < -0.4 is 5.32 Å². The number of unbranched alkanes of at least 4 members (excludes halogenated alkanes) is 34. The van der Waals surface area contributed by atoms with Gasteiger partial charge in [0, 0.05) is 6.42 Å². The Hall–Kier alpha value is -2.64. The lowest BCUT2D eigenvalue weighted by molar-refractivity contribution is -0.305. The normalized spacial score (nSPS) is 19.4. The SMILES string of the molecule is CC/C=C/C=C/C=C/CCCCCCCCCC(=O)OC1C(OCC(NC(=O)C(O)CCCCCCCCCCCCCC/C=C/CCCCCCCC)C(O)/C=C/CCCCCCCCCCC)OC(CO)C(O)C1O. The van der Waals surface area contributed by atoms with Crippen LogP contribution in [0.1, 0.15) is 284 Å². The fourth-order valence-electron chi connectivity index (χ4n) is 9.88. The molecule has 77 heavy (non-hydrogen) atoms. The van der Waals surface area contributed by atoms with Gasteiger partial charge in [-0.2, -0.15) is 0 Å². The number of aliphatic hydroxyl groups excluding tert-OH is 5. The Balaban J connectivity index is 2.62. The van der Waals surface area contributed by atoms with E-state index in [1.807, 2.05) is 12.2 Å². The lowest BCUT2D eigenvalue weighted by Gasteiger charge is -2.41. The molecule has 1 rings (SSSR count). The predicted octanol–water partition coefficient (Wildman–Crippen LogP) is 15.4. The van der Waals surface area contributed by atoms with Gasteiger partial charge in [0.1, 0.15) is 24.4 Å². The van der Waals surface area contributed by atoms with Crippen LogP contribution in [0.4, 0.5) is 0 Å². The Morgan fingerprint density at radius 3 is 1.43 bits per heavy atom. The zero-order valence-corrected chi connectivity index (χ0v) is 49.6. The van der Waals surface area contributed by atoms with E-state index >= 15 is 0 Å². The average Bonchev–Trinajstić information content (AvgIpc) is 3.43. The van der Waals surface area contributed by atoms with Crippen LogP contribution in [0.25, 0.3) is 0 Å². The first-order valence-corrected chi connectivity index (χ1v) is 32.1. The molecular weight excluding hydrogens is 967 g/mol. The number of nitrogens with one attached hydrogen (secondary N) is 1. The maximum atomic E-state index is 13.4. The van der Waals surface area contributed by atoms with Crippen LogP contribution in [0, 0.1) is 0 Å². The molecule has 11 heteroatoms. The quantitative estimate of drug-likeness (QED) is 0.0149. The van der Waals surface area contributed by atoms with Crippen molar-refractivity contribution in [2.45, 2.75) is 333 Å². The molecule has 1 heterocycles. The van der Waals surface area contributed by atoms with Gasteiger partial charge in [-0.25, -0.2) is 0 Å². The molecule has 0 bridgehead atoms. The molecule has 0 aliphatic carbocycles. The molecule has 8 atom stereocenters. The maximum Gasteiger partial charge on any atom is 0.306 e. The van der Waals surface area contributed by atoms with Gasteiger partial charge in [0.15, 0.2) is 12.4 Å². The van der Waals surface area contributed by atoms with Crippen molar-refractivity contribution in [2.24, 2.45) is 0 Å². The molecule has 1 aliphatic rings. The van der Waals surface area contributed by atoms with Crippen LogP contribution in [-0.2, 0) is 23.8 Å². The fourth-order valence-corrected chi connectivity index (χ4v) is 9.88. The van der Waals surface area contributed by atoms with Crippen LogP contribution in [0.2, 0.25) is 0 Å². The van der Waals surface area contributed by atoms with E-state index in [0.717, 1.165) is 89.9 Å². The average molecular weight is 1090 g/mol. The van der Waals surface area contributed by atoms with Crippen LogP contribution in [0.3, 0.4) is 0 Å². The first kappa shape index (κ1) is 72.4. The molecule has 6 N–H and O–H groups in total. The van der Waals surface area contributed by atoms with E-state index in [4.69, 9.17) is 14.2 Å². The molecule has 1 fully saturated rings. The van der Waals surface area contributed by atoms with Crippen molar-refractivity contribution in [3.8, 4) is 0 Å². The highest BCUT2D eigenvalue weighted by Crippen LogP contribution is 2.26. The summed E-state index contributed by atoms with van der Waals surface area (Å²) < 4.78 is 17.6. The molecule has 0 spiro atoms. The topological polar surface area (TPSA) is 175 Å². The van der Waals surface area contributed by atoms with Crippen LogP contribution in [0.15, 0.2) is 60.8 Å². The highest BCUT2D eigenvalue weighted by Gasteiger charge is 2.47. The van der Waals surface area contributed by atoms with Crippen molar-refractivity contribution < 1.29 is 49.3 Å². The van der Waals surface area contributed by atoms with E-state index < -0.39 is 67.4 Å². The predicted molar refractivity (Wildman–Crippen MR) is 320 cm³/mol. The van der Waals surface area contributed by atoms with E-state index in [1.165, 1.54) is 148 Å². The standard InChI is InChI=1S/C66H119NO10/c1-4-7-10-13-16-19-22-24-26-27-28-29-30-31-32-34-35-38-41-44-47-50-53-59(70)65(74)67-57(58(69)52-49-46-43-40-37-21-18-15-12-9-6-3)56-75-66-64(63(73)62(72)60(55-68)76-66)77-61(71)54-51-48-45-42-39-36-33-25-23-20-17-14-11-8-5-2/h8,11,14,17,20,23-24,26,49,52,57-60,62-64,66,68-70,72-73H,4-7,9-10,12-13,15-16,18-19,21-22,25,27-48,50-51,53-56H2,1-3H3,(H,67,74)/b11-8+,17-14+,23-20+,26-24+,52-49+. The van der Waals surface area contributed by atoms with E-state index in [0.29, 0.717) is 19.3 Å². The summed E-state index contributed by atoms with van der Waals surface area (Å²) in [5.74, 6) is -1.20. The summed E-state index contributed by atoms with van der Waals surface area (Å²) in [6.45, 7) is 5.66. The number of esters is 1. The minimum Gasteiger partial charge on any atom is -0.454 e. The van der Waals surface area contributed by atoms with Crippen molar-refractivity contribution in [2.75, 3.05) is 13.2 Å². The summed E-state index contributed by atoms with van der Waals surface area (Å²) in [5.41, 5.74) is 0. The van der Waals surface area contributed by atoms with Gasteiger partial charge in [-0.05, 0) is 70.6 Å². The largest absolute Gasteiger partial charge is 0.454 e. The lowest BCUT2D eigenvalue weighted by Crippen LogP contribution is -2.61. The van der Waals surface area contributed by atoms with Crippen molar-refractivity contribution in [1.82, 2.24) is 5.32 Å². The third-order valence-corrected chi connectivity index (χ3v) is 15.0. The molecule has 0 aromatic carbocycles. The molecule has 1 saturated heterocycles. The summed E-state index contributed by atoms with van der Waals surface area (Å²) in [7, 11) is 0. The Morgan fingerprint density at radius 2 is 0.948 bits per heavy atom. The third-order valence-electron chi connectivity index (χ3n) is 15.0. The first-order chi connectivity index (χ1) is 37.7. The minimum absolute atomic E-state index is 0.110. The van der Waals surface area contributed by atoms with Gasteiger partial charge in [0.25, 0.3) is 0 Å². The molecule has 0 aromatic rings. The number of carbonyl (C=O) groups is 2. The molecule has 448 valence electrons. The van der Waals surface area contributed by atoms with Crippen molar-refractivity contribution in [1.29, 1.82) is 0 Å². The number of aliphatic hydroxyl groups is 5. The molecule has 8 unspecified atom stereocenters. The van der Waals surface area contributed by atoms with Crippen LogP contribution in [-0.4, -0.2) is 99.6 Å². The van der Waals surface area contributed by atoms with E-state index in [9.17, 15) is 35.1 Å². The number of ether oxygens (including phenoxy) is 3. The molecular formula is C66H119NO10. The summed E-state index contributed by atoms with van der Waals surface area (Å²) in [6, 6.07) is -1.03. The van der Waals surface area contributed by atoms with E-state index in [2.05, 4.69) is 68.6 Å². The Kier molecular flexibility index (Phi) is 50.7. The molecule has 11 nitrogen and oxygen atoms in total. The van der Waals surface area contributed by atoms with Crippen LogP contribution >= 0.6 is 0 Å². The summed E-state index contributed by atoms with van der Waals surface area (Å²) in [6.07, 6.45) is 56.9. The summed E-state index contributed by atoms with van der Waals surface area (Å²) in [5, 5.41) is 57.0. The van der Waals surface area contributed by atoms with Crippen LogP contribution in [0.5, 0.6) is 0 Å². The number of hydrogen-bond acceptors (Lipinski definition) is 10. The summed E-state index contributed by atoms with van der Waals surface area (Å²) >= 11 is 0. The molecule has 0 saturated carbocycles. The van der Waals surface area contributed by atoms with E-state index in [-0.39, 0.29) is 13.0 Å². The van der Waals surface area contributed by atoms with Crippen molar-refractivity contribution >= 4 is 11.9 Å². The molecule has 1 aliphatic heterocycles. The number of hydrogen-bond donors (Lipinski definition) is 6. The zero-order valence-electron chi connectivity index (χ0n) is 49.6. The Labute approximate surface area is 471 Å². The second-order valence-corrected chi connectivity index (χ2v) is 22.2. The monoisotopic (exact) mass is 1090 g/mol. The maximum absolute atomic E-state index is 13.4. The van der Waals surface area contributed by atoms with Crippen molar-refractivity contribution in [3.05, 3.63) is 60.8 Å². The van der Waals surface area contributed by atoms with Gasteiger partial charge in [-0.1, -0.05) is 268 Å². The minimum atomic E-state index is -1.62. The molecule has 0 aromatic heterocycles. The second-order valence-electron chi connectivity index (χ2n) is 22.2. The zero-order chi connectivity index (χ0) is 56.1. The summed E-state index contributed by atoms with van der Waals surface area (Å²) in [4.78, 5) is 26.5. The number of allylic oxidation sites excluding steroid dienone is 9. The number of rotatable bonds is 54. The highest BCUT2D eigenvalue weighted by atomic mass is 16.7. The number of amides is 1. The smallest absolute Gasteiger partial charge is 0.306 e. The second kappa shape index (κ2) is 54.0.